The maximum Gasteiger partial charge on any atom is 0.00188 e. The van der Waals surface area contributed by atoms with Gasteiger partial charge in [0.2, 0.25) is 0 Å². The molecule has 1 aliphatic heterocycles. The molecule has 0 saturated carbocycles. The lowest BCUT2D eigenvalue weighted by atomic mass is 10.0. The molecule has 1 N–H and O–H groups in total. The lowest BCUT2D eigenvalue weighted by Gasteiger charge is -2.17. The summed E-state index contributed by atoms with van der Waals surface area (Å²) in [5, 5.41) is 3.44. The molecule has 2 nitrogen and oxygen atoms in total. The van der Waals surface area contributed by atoms with Crippen LogP contribution in [0.5, 0.6) is 0 Å². The molecule has 1 aliphatic rings. The van der Waals surface area contributed by atoms with Crippen LogP contribution < -0.4 is 5.32 Å². The first-order chi connectivity index (χ1) is 8.84. The monoisotopic (exact) mass is 246 g/mol. The van der Waals surface area contributed by atoms with Crippen LogP contribution >= 0.6 is 0 Å². The molecule has 2 heteroatoms. The van der Waals surface area contributed by atoms with Crippen molar-refractivity contribution in [3.05, 3.63) is 35.9 Å². The third kappa shape index (κ3) is 4.79. The highest BCUT2D eigenvalue weighted by molar-refractivity contribution is 5.14. The van der Waals surface area contributed by atoms with E-state index in [4.69, 9.17) is 0 Å². The van der Waals surface area contributed by atoms with E-state index in [-0.39, 0.29) is 0 Å². The number of nitrogens with zero attached hydrogens (tertiary/aromatic N) is 1. The molecule has 100 valence electrons. The van der Waals surface area contributed by atoms with E-state index in [0.29, 0.717) is 0 Å². The summed E-state index contributed by atoms with van der Waals surface area (Å²) in [7, 11) is 2.25. The molecule has 0 amide bonds. The Morgan fingerprint density at radius 2 is 2.06 bits per heavy atom. The first kappa shape index (κ1) is 13.6. The third-order valence-electron chi connectivity index (χ3n) is 3.94. The number of hydrogen-bond donors (Lipinski definition) is 1. The van der Waals surface area contributed by atoms with Gasteiger partial charge in [0.15, 0.2) is 0 Å². The molecule has 1 aromatic rings. The summed E-state index contributed by atoms with van der Waals surface area (Å²) < 4.78 is 0. The minimum Gasteiger partial charge on any atom is -0.316 e. The molecule has 1 aromatic carbocycles. The molecular formula is C16H26N2. The van der Waals surface area contributed by atoms with Crippen molar-refractivity contribution in [1.82, 2.24) is 10.2 Å². The van der Waals surface area contributed by atoms with Crippen LogP contribution in [0.15, 0.2) is 30.3 Å². The molecule has 1 atom stereocenters. The second-order valence-electron chi connectivity index (χ2n) is 5.54. The normalized spacial score (nSPS) is 19.6. The van der Waals surface area contributed by atoms with Crippen LogP contribution in [-0.2, 0) is 6.42 Å². The van der Waals surface area contributed by atoms with Crippen molar-refractivity contribution in [2.45, 2.75) is 25.7 Å². The Labute approximate surface area is 111 Å². The second kappa shape index (κ2) is 7.55. The first-order valence-corrected chi connectivity index (χ1v) is 7.28. The Morgan fingerprint density at radius 3 is 2.78 bits per heavy atom. The van der Waals surface area contributed by atoms with Crippen molar-refractivity contribution >= 4 is 0 Å². The highest BCUT2D eigenvalue weighted by atomic mass is 15.1. The van der Waals surface area contributed by atoms with Crippen molar-refractivity contribution in [2.75, 3.05) is 33.2 Å². The number of benzene rings is 1. The minimum atomic E-state index is 0.938. The zero-order valence-corrected chi connectivity index (χ0v) is 11.6. The van der Waals surface area contributed by atoms with Gasteiger partial charge in [-0.3, -0.25) is 0 Å². The quantitative estimate of drug-likeness (QED) is 0.795. The highest BCUT2D eigenvalue weighted by Gasteiger charge is 2.13. The van der Waals surface area contributed by atoms with Gasteiger partial charge in [0.25, 0.3) is 0 Å². The van der Waals surface area contributed by atoms with Crippen LogP contribution in [0.4, 0.5) is 0 Å². The van der Waals surface area contributed by atoms with Crippen molar-refractivity contribution in [3.63, 3.8) is 0 Å². The van der Waals surface area contributed by atoms with E-state index in [1.807, 2.05) is 0 Å². The molecule has 0 aliphatic carbocycles. The lowest BCUT2D eigenvalue weighted by Crippen LogP contribution is -2.23. The molecule has 1 unspecified atom stereocenters. The van der Waals surface area contributed by atoms with E-state index in [1.165, 1.54) is 57.4 Å². The van der Waals surface area contributed by atoms with Gasteiger partial charge in [-0.2, -0.15) is 0 Å². The summed E-state index contributed by atoms with van der Waals surface area (Å²) in [6.07, 6.45) is 5.29. The maximum atomic E-state index is 3.44. The highest BCUT2D eigenvalue weighted by Crippen LogP contribution is 2.14. The fourth-order valence-electron chi connectivity index (χ4n) is 2.69. The summed E-state index contributed by atoms with van der Waals surface area (Å²) >= 11 is 0. The fourth-order valence-corrected chi connectivity index (χ4v) is 2.69. The molecule has 2 rings (SSSR count). The van der Waals surface area contributed by atoms with Crippen molar-refractivity contribution in [1.29, 1.82) is 0 Å². The van der Waals surface area contributed by atoms with E-state index in [0.717, 1.165) is 5.92 Å². The zero-order chi connectivity index (χ0) is 12.6. The van der Waals surface area contributed by atoms with Crippen LogP contribution in [0.3, 0.4) is 0 Å². The van der Waals surface area contributed by atoms with Crippen LogP contribution in [0.2, 0.25) is 0 Å². The topological polar surface area (TPSA) is 15.3 Å². The average Bonchev–Trinajstić information content (AvgIpc) is 2.91. The lowest BCUT2D eigenvalue weighted by molar-refractivity contribution is 0.318. The summed E-state index contributed by atoms with van der Waals surface area (Å²) in [6.45, 7) is 4.89. The summed E-state index contributed by atoms with van der Waals surface area (Å²) in [6, 6.07) is 10.8. The molecular weight excluding hydrogens is 220 g/mol. The van der Waals surface area contributed by atoms with Gasteiger partial charge in [0, 0.05) is 6.54 Å². The van der Waals surface area contributed by atoms with Gasteiger partial charge in [-0.05, 0) is 63.8 Å². The SMILES string of the molecule is CN(CCCC1CCNC1)CCc1ccccc1. The smallest absolute Gasteiger partial charge is 0.00188 e. The van der Waals surface area contributed by atoms with Gasteiger partial charge in [0.05, 0.1) is 0 Å². The number of hydrogen-bond acceptors (Lipinski definition) is 2. The van der Waals surface area contributed by atoms with E-state index in [1.54, 1.807) is 0 Å². The Hall–Kier alpha value is -0.860. The third-order valence-corrected chi connectivity index (χ3v) is 3.94. The summed E-state index contributed by atoms with van der Waals surface area (Å²) in [5.41, 5.74) is 1.45. The largest absolute Gasteiger partial charge is 0.316 e. The van der Waals surface area contributed by atoms with Gasteiger partial charge in [-0.25, -0.2) is 0 Å². The fraction of sp³-hybridized carbons (Fsp3) is 0.625. The molecule has 1 heterocycles. The van der Waals surface area contributed by atoms with E-state index < -0.39 is 0 Å². The van der Waals surface area contributed by atoms with Crippen LogP contribution in [-0.4, -0.2) is 38.1 Å². The van der Waals surface area contributed by atoms with Crippen LogP contribution in [0, 0.1) is 5.92 Å². The predicted molar refractivity (Wildman–Crippen MR) is 77.9 cm³/mol. The second-order valence-corrected chi connectivity index (χ2v) is 5.54. The van der Waals surface area contributed by atoms with E-state index in [2.05, 4.69) is 47.6 Å². The summed E-state index contributed by atoms with van der Waals surface area (Å²) in [5.74, 6) is 0.938. The van der Waals surface area contributed by atoms with Crippen molar-refractivity contribution < 1.29 is 0 Å². The molecule has 0 bridgehead atoms. The Bertz CT molecular complexity index is 317. The molecule has 0 spiro atoms. The van der Waals surface area contributed by atoms with Crippen LogP contribution in [0.25, 0.3) is 0 Å². The van der Waals surface area contributed by atoms with Gasteiger partial charge >= 0.3 is 0 Å². The molecule has 0 radical (unpaired) electrons. The zero-order valence-electron chi connectivity index (χ0n) is 11.6. The Kier molecular flexibility index (Phi) is 5.69. The van der Waals surface area contributed by atoms with E-state index in [9.17, 15) is 0 Å². The number of rotatable bonds is 7. The van der Waals surface area contributed by atoms with Gasteiger partial charge in [0.1, 0.15) is 0 Å². The molecule has 1 saturated heterocycles. The van der Waals surface area contributed by atoms with Crippen molar-refractivity contribution in [2.24, 2.45) is 5.92 Å². The molecule has 1 fully saturated rings. The Morgan fingerprint density at radius 1 is 1.22 bits per heavy atom. The van der Waals surface area contributed by atoms with Crippen molar-refractivity contribution in [3.8, 4) is 0 Å². The first-order valence-electron chi connectivity index (χ1n) is 7.28. The molecule has 18 heavy (non-hydrogen) atoms. The standard InChI is InChI=1S/C16H26N2/c1-18(12-5-8-16-9-11-17-14-16)13-10-15-6-3-2-4-7-15/h2-4,6-7,16-17H,5,8-14H2,1H3. The predicted octanol–water partition coefficient (Wildman–Crippen LogP) is 2.55. The number of nitrogens with one attached hydrogen (secondary N) is 1. The molecule has 0 aromatic heterocycles. The maximum absolute atomic E-state index is 3.44. The van der Waals surface area contributed by atoms with Gasteiger partial charge in [-0.1, -0.05) is 30.3 Å². The van der Waals surface area contributed by atoms with Crippen LogP contribution in [0.1, 0.15) is 24.8 Å². The summed E-state index contributed by atoms with van der Waals surface area (Å²) in [4.78, 5) is 2.47. The Balaban J connectivity index is 1.56. The van der Waals surface area contributed by atoms with Gasteiger partial charge < -0.3 is 10.2 Å². The van der Waals surface area contributed by atoms with Gasteiger partial charge in [-0.15, -0.1) is 0 Å². The minimum absolute atomic E-state index is 0.938. The number of likely N-dealkylation sites (N-methyl/N-ethyl adjacent to an activating group) is 1. The average molecular weight is 246 g/mol. The van der Waals surface area contributed by atoms with E-state index >= 15 is 0 Å².